The molecule has 0 saturated carbocycles. The average molecular weight is 234 g/mol. The van der Waals surface area contributed by atoms with E-state index in [1.54, 1.807) is 28.4 Å². The van der Waals surface area contributed by atoms with E-state index in [2.05, 4.69) is 0 Å². The molecule has 0 aromatic heterocycles. The lowest BCUT2D eigenvalue weighted by Gasteiger charge is -2.44. The molecule has 1 fully saturated rings. The van der Waals surface area contributed by atoms with Crippen LogP contribution in [-0.4, -0.2) is 59.1 Å². The third-order valence-electron chi connectivity index (χ3n) is 3.04. The minimum absolute atomic E-state index is 0.0358. The Hall–Kier alpha value is -0.200. The van der Waals surface area contributed by atoms with Crippen molar-refractivity contribution in [3.63, 3.8) is 0 Å². The van der Waals surface area contributed by atoms with Crippen molar-refractivity contribution >= 4 is 0 Å². The van der Waals surface area contributed by atoms with E-state index in [1.807, 2.05) is 6.92 Å². The third kappa shape index (κ3) is 2.55. The molecular formula is C11H22O5. The normalized spacial score (nSPS) is 39.9. The number of hydrogen-bond donors (Lipinski definition) is 0. The van der Waals surface area contributed by atoms with Gasteiger partial charge in [-0.3, -0.25) is 0 Å². The SMILES string of the molecule is CCC1OC(OC)C(OC)C(OC)C1OC. The molecule has 1 heterocycles. The maximum absolute atomic E-state index is 5.77. The van der Waals surface area contributed by atoms with E-state index in [1.165, 1.54) is 0 Å². The van der Waals surface area contributed by atoms with Crippen LogP contribution in [0.4, 0.5) is 0 Å². The van der Waals surface area contributed by atoms with Crippen molar-refractivity contribution < 1.29 is 23.7 Å². The van der Waals surface area contributed by atoms with E-state index in [0.29, 0.717) is 0 Å². The zero-order valence-corrected chi connectivity index (χ0v) is 10.6. The van der Waals surface area contributed by atoms with E-state index < -0.39 is 6.29 Å². The molecular weight excluding hydrogens is 212 g/mol. The van der Waals surface area contributed by atoms with Crippen LogP contribution in [-0.2, 0) is 23.7 Å². The molecule has 0 spiro atoms. The first-order chi connectivity index (χ1) is 7.73. The summed E-state index contributed by atoms with van der Waals surface area (Å²) in [5, 5.41) is 0. The fourth-order valence-electron chi connectivity index (χ4n) is 2.20. The molecule has 1 rings (SSSR count). The van der Waals surface area contributed by atoms with Crippen LogP contribution in [0.25, 0.3) is 0 Å². The Balaban J connectivity index is 2.85. The average Bonchev–Trinajstić information content (AvgIpc) is 2.35. The van der Waals surface area contributed by atoms with Gasteiger partial charge >= 0.3 is 0 Å². The zero-order valence-electron chi connectivity index (χ0n) is 10.6. The summed E-state index contributed by atoms with van der Waals surface area (Å²) in [6.45, 7) is 2.04. The van der Waals surface area contributed by atoms with Gasteiger partial charge in [-0.2, -0.15) is 0 Å². The van der Waals surface area contributed by atoms with Crippen molar-refractivity contribution in [1.29, 1.82) is 0 Å². The molecule has 1 saturated heterocycles. The third-order valence-corrected chi connectivity index (χ3v) is 3.04. The lowest BCUT2D eigenvalue weighted by atomic mass is 9.96. The molecule has 0 amide bonds. The van der Waals surface area contributed by atoms with Crippen molar-refractivity contribution in [3.8, 4) is 0 Å². The van der Waals surface area contributed by atoms with Crippen LogP contribution in [0.2, 0.25) is 0 Å². The Bertz CT molecular complexity index is 181. The summed E-state index contributed by atoms with van der Waals surface area (Å²) in [6.07, 6.45) is -0.195. The maximum atomic E-state index is 5.77. The molecule has 96 valence electrons. The van der Waals surface area contributed by atoms with Crippen LogP contribution in [0.5, 0.6) is 0 Å². The Labute approximate surface area is 97.0 Å². The predicted octanol–water partition coefficient (Wildman–Crippen LogP) is 0.813. The number of hydrogen-bond acceptors (Lipinski definition) is 5. The van der Waals surface area contributed by atoms with Crippen LogP contribution in [0.1, 0.15) is 13.3 Å². The van der Waals surface area contributed by atoms with E-state index in [-0.39, 0.29) is 24.4 Å². The fraction of sp³-hybridized carbons (Fsp3) is 1.00. The molecule has 0 radical (unpaired) electrons. The van der Waals surface area contributed by atoms with Crippen molar-refractivity contribution in [3.05, 3.63) is 0 Å². The standard InChI is InChI=1S/C11H22O5/c1-6-7-8(12-2)9(13-3)10(14-4)11(15-5)16-7/h7-11H,6H2,1-5H3. The van der Waals surface area contributed by atoms with E-state index in [9.17, 15) is 0 Å². The molecule has 16 heavy (non-hydrogen) atoms. The number of rotatable bonds is 5. The highest BCUT2D eigenvalue weighted by Crippen LogP contribution is 2.28. The van der Waals surface area contributed by atoms with Gasteiger partial charge in [0.15, 0.2) is 6.29 Å². The Morgan fingerprint density at radius 2 is 1.38 bits per heavy atom. The maximum Gasteiger partial charge on any atom is 0.186 e. The molecule has 0 aliphatic carbocycles. The van der Waals surface area contributed by atoms with Gasteiger partial charge in [-0.15, -0.1) is 0 Å². The molecule has 0 aromatic carbocycles. The van der Waals surface area contributed by atoms with Crippen LogP contribution in [0, 0.1) is 0 Å². The topological polar surface area (TPSA) is 46.2 Å². The molecule has 0 aromatic rings. The highest BCUT2D eigenvalue weighted by Gasteiger charge is 2.46. The molecule has 0 N–H and O–H groups in total. The van der Waals surface area contributed by atoms with Gasteiger partial charge in [0.05, 0.1) is 6.10 Å². The minimum Gasteiger partial charge on any atom is -0.376 e. The second-order valence-electron chi connectivity index (χ2n) is 3.79. The Morgan fingerprint density at radius 3 is 1.75 bits per heavy atom. The Kier molecular flexibility index (Phi) is 5.64. The van der Waals surface area contributed by atoms with Crippen LogP contribution < -0.4 is 0 Å². The van der Waals surface area contributed by atoms with Gasteiger partial charge in [0, 0.05) is 28.4 Å². The van der Waals surface area contributed by atoms with Gasteiger partial charge in [0.2, 0.25) is 0 Å². The molecule has 0 bridgehead atoms. The number of methoxy groups -OCH3 is 4. The molecule has 1 aliphatic heterocycles. The summed E-state index contributed by atoms with van der Waals surface area (Å²) in [7, 11) is 6.52. The summed E-state index contributed by atoms with van der Waals surface area (Å²) < 4.78 is 27.3. The van der Waals surface area contributed by atoms with Crippen molar-refractivity contribution in [2.24, 2.45) is 0 Å². The molecule has 5 heteroatoms. The summed E-state index contributed by atoms with van der Waals surface area (Å²) in [5.74, 6) is 0. The lowest BCUT2D eigenvalue weighted by Crippen LogP contribution is -2.59. The molecule has 1 aliphatic rings. The van der Waals surface area contributed by atoms with Crippen molar-refractivity contribution in [1.82, 2.24) is 0 Å². The van der Waals surface area contributed by atoms with Gasteiger partial charge in [0.25, 0.3) is 0 Å². The Morgan fingerprint density at radius 1 is 0.812 bits per heavy atom. The van der Waals surface area contributed by atoms with Crippen LogP contribution in [0.15, 0.2) is 0 Å². The first-order valence-corrected chi connectivity index (χ1v) is 5.50. The molecule has 5 atom stereocenters. The van der Waals surface area contributed by atoms with Crippen LogP contribution >= 0.6 is 0 Å². The smallest absolute Gasteiger partial charge is 0.186 e. The summed E-state index contributed by atoms with van der Waals surface area (Å²) in [5.41, 5.74) is 0. The van der Waals surface area contributed by atoms with Gasteiger partial charge in [-0.05, 0) is 6.42 Å². The van der Waals surface area contributed by atoms with Crippen molar-refractivity contribution in [2.75, 3.05) is 28.4 Å². The van der Waals surface area contributed by atoms with Crippen LogP contribution in [0.3, 0.4) is 0 Å². The van der Waals surface area contributed by atoms with Gasteiger partial charge in [-0.1, -0.05) is 6.92 Å². The fourth-order valence-corrected chi connectivity index (χ4v) is 2.20. The minimum atomic E-state index is -0.411. The predicted molar refractivity (Wildman–Crippen MR) is 58.4 cm³/mol. The summed E-state index contributed by atoms with van der Waals surface area (Å²) >= 11 is 0. The van der Waals surface area contributed by atoms with E-state index in [0.717, 1.165) is 6.42 Å². The molecule has 5 nitrogen and oxygen atoms in total. The highest BCUT2D eigenvalue weighted by atomic mass is 16.7. The zero-order chi connectivity index (χ0) is 12.1. The first-order valence-electron chi connectivity index (χ1n) is 5.50. The van der Waals surface area contributed by atoms with E-state index in [4.69, 9.17) is 23.7 Å². The van der Waals surface area contributed by atoms with Gasteiger partial charge in [-0.25, -0.2) is 0 Å². The van der Waals surface area contributed by atoms with Gasteiger partial charge < -0.3 is 23.7 Å². The summed E-state index contributed by atoms with van der Waals surface area (Å²) in [4.78, 5) is 0. The lowest BCUT2D eigenvalue weighted by molar-refractivity contribution is -0.302. The second kappa shape index (κ2) is 6.51. The summed E-state index contributed by atoms with van der Waals surface area (Å²) in [6, 6.07) is 0. The number of ether oxygens (including phenoxy) is 5. The molecule has 5 unspecified atom stereocenters. The first kappa shape index (κ1) is 13.9. The van der Waals surface area contributed by atoms with Crippen molar-refractivity contribution in [2.45, 2.75) is 44.1 Å². The van der Waals surface area contributed by atoms with E-state index >= 15 is 0 Å². The van der Waals surface area contributed by atoms with Gasteiger partial charge in [0.1, 0.15) is 18.3 Å². The monoisotopic (exact) mass is 234 g/mol. The largest absolute Gasteiger partial charge is 0.376 e. The quantitative estimate of drug-likeness (QED) is 0.704. The highest BCUT2D eigenvalue weighted by molar-refractivity contribution is 4.91. The second-order valence-corrected chi connectivity index (χ2v) is 3.79.